The fourth-order valence-corrected chi connectivity index (χ4v) is 2.60. The van der Waals surface area contributed by atoms with Crippen LogP contribution in [0.5, 0.6) is 23.0 Å². The number of hydrogen-bond acceptors (Lipinski definition) is 4. The molecule has 0 unspecified atom stereocenters. The smallest absolute Gasteiger partial charge is 0.144 e. The first-order valence-corrected chi connectivity index (χ1v) is 8.05. The predicted octanol–water partition coefficient (Wildman–Crippen LogP) is 5.04. The average Bonchev–Trinajstić information content (AvgIpc) is 2.53. The summed E-state index contributed by atoms with van der Waals surface area (Å²) in [6.07, 6.45) is 0. The molecule has 23 heavy (non-hydrogen) atoms. The average molecular weight is 418 g/mol. The summed E-state index contributed by atoms with van der Waals surface area (Å²) in [4.78, 5) is 0. The Balaban J connectivity index is 1.84. The molecule has 0 aliphatic heterocycles. The Labute approximate surface area is 148 Å². The summed E-state index contributed by atoms with van der Waals surface area (Å²) in [5.41, 5.74) is 12.8. The second-order valence-electron chi connectivity index (χ2n) is 4.91. The molecule has 3 rings (SSSR count). The van der Waals surface area contributed by atoms with Crippen molar-refractivity contribution < 1.29 is 9.47 Å². The Hall–Kier alpha value is -2.41. The van der Waals surface area contributed by atoms with Crippen LogP contribution < -0.4 is 20.9 Å². The molecular formula is C18H15IN2O2. The van der Waals surface area contributed by atoms with Gasteiger partial charge in [-0.2, -0.15) is 0 Å². The third kappa shape index (κ3) is 3.87. The van der Waals surface area contributed by atoms with Gasteiger partial charge in [-0.05, 0) is 71.1 Å². The van der Waals surface area contributed by atoms with Crippen molar-refractivity contribution >= 4 is 34.0 Å². The predicted molar refractivity (Wildman–Crippen MR) is 101 cm³/mol. The van der Waals surface area contributed by atoms with Gasteiger partial charge in [-0.1, -0.05) is 12.1 Å². The monoisotopic (exact) mass is 418 g/mol. The number of ether oxygens (including phenoxy) is 2. The van der Waals surface area contributed by atoms with E-state index in [0.717, 1.165) is 15.1 Å². The van der Waals surface area contributed by atoms with Crippen molar-refractivity contribution in [3.63, 3.8) is 0 Å². The van der Waals surface area contributed by atoms with Gasteiger partial charge in [0.05, 0.1) is 3.57 Å². The summed E-state index contributed by atoms with van der Waals surface area (Å²) < 4.78 is 12.7. The first-order chi connectivity index (χ1) is 11.1. The Morgan fingerprint density at radius 2 is 1.26 bits per heavy atom. The van der Waals surface area contributed by atoms with Crippen LogP contribution >= 0.6 is 22.6 Å². The lowest BCUT2D eigenvalue weighted by molar-refractivity contribution is 0.454. The standard InChI is InChI=1S/C18H15IN2O2/c19-18-16(22-14-9-7-12(20)8-10-14)5-2-6-17(18)23-15-4-1-3-13(21)11-15/h1-11H,20-21H2. The number of halogens is 1. The number of benzene rings is 3. The summed E-state index contributed by atoms with van der Waals surface area (Å²) in [6, 6.07) is 20.2. The van der Waals surface area contributed by atoms with E-state index in [-0.39, 0.29) is 0 Å². The zero-order valence-electron chi connectivity index (χ0n) is 12.2. The van der Waals surface area contributed by atoms with Crippen LogP contribution in [0.2, 0.25) is 0 Å². The van der Waals surface area contributed by atoms with Crippen molar-refractivity contribution in [3.8, 4) is 23.0 Å². The van der Waals surface area contributed by atoms with Gasteiger partial charge in [-0.15, -0.1) is 0 Å². The van der Waals surface area contributed by atoms with Crippen molar-refractivity contribution in [3.05, 3.63) is 70.3 Å². The molecule has 0 aliphatic rings. The third-order valence-corrected chi connectivity index (χ3v) is 4.18. The van der Waals surface area contributed by atoms with Crippen molar-refractivity contribution in [1.29, 1.82) is 0 Å². The Morgan fingerprint density at radius 3 is 1.91 bits per heavy atom. The molecule has 0 aliphatic carbocycles. The van der Waals surface area contributed by atoms with Crippen LogP contribution in [0, 0.1) is 3.57 Å². The second kappa shape index (κ2) is 6.78. The molecular weight excluding hydrogens is 403 g/mol. The van der Waals surface area contributed by atoms with E-state index < -0.39 is 0 Å². The van der Waals surface area contributed by atoms with Crippen LogP contribution in [0.25, 0.3) is 0 Å². The minimum Gasteiger partial charge on any atom is -0.456 e. The van der Waals surface area contributed by atoms with Gasteiger partial charge in [-0.25, -0.2) is 0 Å². The molecule has 0 saturated carbocycles. The number of rotatable bonds is 4. The summed E-state index contributed by atoms with van der Waals surface area (Å²) in [5.74, 6) is 2.84. The largest absolute Gasteiger partial charge is 0.456 e. The topological polar surface area (TPSA) is 70.5 Å². The number of nitrogens with two attached hydrogens (primary N) is 2. The summed E-state index contributed by atoms with van der Waals surface area (Å²) in [7, 11) is 0. The maximum atomic E-state index is 5.90. The van der Waals surface area contributed by atoms with Gasteiger partial charge in [0.15, 0.2) is 0 Å². The van der Waals surface area contributed by atoms with Gasteiger partial charge < -0.3 is 20.9 Å². The van der Waals surface area contributed by atoms with Gasteiger partial charge in [-0.3, -0.25) is 0 Å². The lowest BCUT2D eigenvalue weighted by Crippen LogP contribution is -1.93. The van der Waals surface area contributed by atoms with E-state index in [1.807, 2.05) is 48.5 Å². The normalized spacial score (nSPS) is 10.3. The first-order valence-electron chi connectivity index (χ1n) is 6.97. The maximum absolute atomic E-state index is 5.90. The van der Waals surface area contributed by atoms with Gasteiger partial charge in [0.25, 0.3) is 0 Å². The number of anilines is 2. The summed E-state index contributed by atoms with van der Waals surface area (Å²) in [5, 5.41) is 0. The zero-order valence-corrected chi connectivity index (χ0v) is 14.4. The van der Waals surface area contributed by atoms with E-state index in [9.17, 15) is 0 Å². The van der Waals surface area contributed by atoms with Crippen LogP contribution in [-0.4, -0.2) is 0 Å². The van der Waals surface area contributed by atoms with Gasteiger partial charge >= 0.3 is 0 Å². The highest BCUT2D eigenvalue weighted by Crippen LogP contribution is 2.35. The van der Waals surface area contributed by atoms with Crippen molar-refractivity contribution in [2.45, 2.75) is 0 Å². The van der Waals surface area contributed by atoms with Crippen LogP contribution in [0.1, 0.15) is 0 Å². The maximum Gasteiger partial charge on any atom is 0.144 e. The molecule has 3 aromatic rings. The molecule has 0 fully saturated rings. The summed E-state index contributed by atoms with van der Waals surface area (Å²) in [6.45, 7) is 0. The van der Waals surface area contributed by atoms with Crippen molar-refractivity contribution in [1.82, 2.24) is 0 Å². The molecule has 116 valence electrons. The van der Waals surface area contributed by atoms with Crippen LogP contribution in [0.3, 0.4) is 0 Å². The lowest BCUT2D eigenvalue weighted by Gasteiger charge is -2.12. The van der Waals surface area contributed by atoms with E-state index >= 15 is 0 Å². The fraction of sp³-hybridized carbons (Fsp3) is 0. The van der Waals surface area contributed by atoms with Gasteiger partial charge in [0.1, 0.15) is 23.0 Å². The first kappa shape index (κ1) is 15.5. The van der Waals surface area contributed by atoms with Crippen molar-refractivity contribution in [2.75, 3.05) is 11.5 Å². The third-order valence-electron chi connectivity index (χ3n) is 3.12. The lowest BCUT2D eigenvalue weighted by atomic mass is 10.3. The van der Waals surface area contributed by atoms with E-state index in [2.05, 4.69) is 22.6 Å². The molecule has 0 aromatic heterocycles. The number of hydrogen-bond donors (Lipinski definition) is 2. The van der Waals surface area contributed by atoms with E-state index in [4.69, 9.17) is 20.9 Å². The molecule has 0 saturated heterocycles. The second-order valence-corrected chi connectivity index (χ2v) is 5.99. The molecule has 0 amide bonds. The fourth-order valence-electron chi connectivity index (χ4n) is 2.02. The highest BCUT2D eigenvalue weighted by atomic mass is 127. The van der Waals surface area contributed by atoms with E-state index in [1.54, 1.807) is 18.2 Å². The van der Waals surface area contributed by atoms with Crippen LogP contribution in [0.15, 0.2) is 66.7 Å². The minimum atomic E-state index is 0.659. The molecule has 0 radical (unpaired) electrons. The molecule has 4 nitrogen and oxygen atoms in total. The minimum absolute atomic E-state index is 0.659. The highest BCUT2D eigenvalue weighted by molar-refractivity contribution is 14.1. The zero-order chi connectivity index (χ0) is 16.2. The van der Waals surface area contributed by atoms with Gasteiger partial charge in [0.2, 0.25) is 0 Å². The highest BCUT2D eigenvalue weighted by Gasteiger charge is 2.10. The Kier molecular flexibility index (Phi) is 4.57. The van der Waals surface area contributed by atoms with Crippen LogP contribution in [0.4, 0.5) is 11.4 Å². The number of nitrogen functional groups attached to an aromatic ring is 2. The van der Waals surface area contributed by atoms with Crippen LogP contribution in [-0.2, 0) is 0 Å². The van der Waals surface area contributed by atoms with E-state index in [1.165, 1.54) is 0 Å². The molecule has 4 N–H and O–H groups in total. The van der Waals surface area contributed by atoms with Crippen molar-refractivity contribution in [2.24, 2.45) is 0 Å². The SMILES string of the molecule is Nc1ccc(Oc2cccc(Oc3cccc(N)c3)c2I)cc1. The molecule has 0 bridgehead atoms. The Bertz CT molecular complexity index is 820. The molecule has 0 atom stereocenters. The van der Waals surface area contributed by atoms with Gasteiger partial charge in [0, 0.05) is 17.4 Å². The molecule has 0 heterocycles. The van der Waals surface area contributed by atoms with E-state index in [0.29, 0.717) is 22.9 Å². The molecule has 3 aromatic carbocycles. The quantitative estimate of drug-likeness (QED) is 0.460. The molecule has 0 spiro atoms. The Morgan fingerprint density at radius 1 is 0.652 bits per heavy atom. The summed E-state index contributed by atoms with van der Waals surface area (Å²) >= 11 is 2.20. The molecule has 5 heteroatoms.